The predicted octanol–water partition coefficient (Wildman–Crippen LogP) is -2.58. The highest BCUT2D eigenvalue weighted by Gasteiger charge is 2.28. The Labute approximate surface area is 151 Å². The third-order valence-electron chi connectivity index (χ3n) is 3.89. The lowest BCUT2D eigenvalue weighted by atomic mass is 9.88. The normalized spacial score (nSPS) is 15.4. The van der Waals surface area contributed by atoms with Crippen LogP contribution in [0.5, 0.6) is 0 Å². The monoisotopic (exact) mass is 373 g/mol. The van der Waals surface area contributed by atoms with Gasteiger partial charge in [-0.2, -0.15) is 0 Å². The summed E-state index contributed by atoms with van der Waals surface area (Å²) in [7, 11) is 0. The zero-order chi connectivity index (χ0) is 20.4. The molecule has 7 N–H and O–H groups in total. The summed E-state index contributed by atoms with van der Waals surface area (Å²) in [5.41, 5.74) is 10.4. The highest BCUT2D eigenvalue weighted by molar-refractivity contribution is 5.94. The van der Waals surface area contributed by atoms with E-state index in [1.54, 1.807) is 0 Å². The Kier molecular flexibility index (Phi) is 10.5. The van der Waals surface area contributed by atoms with Crippen molar-refractivity contribution in [3.8, 4) is 0 Å². The zero-order valence-corrected chi connectivity index (χ0v) is 14.9. The summed E-state index contributed by atoms with van der Waals surface area (Å²) < 4.78 is 0. The lowest BCUT2D eigenvalue weighted by Crippen LogP contribution is -2.44. The summed E-state index contributed by atoms with van der Waals surface area (Å²) in [5.74, 6) is -5.04. The quantitative estimate of drug-likeness (QED) is 0.232. The Morgan fingerprint density at radius 2 is 1.65 bits per heavy atom. The molecule has 0 aliphatic rings. The molecule has 0 fully saturated rings. The van der Waals surface area contributed by atoms with Crippen molar-refractivity contribution in [3.63, 3.8) is 0 Å². The highest BCUT2D eigenvalue weighted by Crippen LogP contribution is 2.17. The van der Waals surface area contributed by atoms with E-state index < -0.39 is 66.9 Å². The van der Waals surface area contributed by atoms with Gasteiger partial charge in [-0.25, -0.2) is 0 Å². The Morgan fingerprint density at radius 1 is 1.08 bits per heavy atom. The number of ketones is 3. The topological polar surface area (TPSA) is 190 Å². The molecular formula is C16H27N3O7. The minimum atomic E-state index is -1.14. The van der Waals surface area contributed by atoms with Crippen molar-refractivity contribution in [2.45, 2.75) is 45.3 Å². The van der Waals surface area contributed by atoms with E-state index in [9.17, 15) is 29.1 Å². The third kappa shape index (κ3) is 8.79. The number of primary amides is 1. The van der Waals surface area contributed by atoms with E-state index in [0.717, 1.165) is 0 Å². The lowest BCUT2D eigenvalue weighted by Gasteiger charge is -2.19. The third-order valence-corrected chi connectivity index (χ3v) is 3.89. The maximum absolute atomic E-state index is 12.1. The molecule has 2 amide bonds. The van der Waals surface area contributed by atoms with Crippen LogP contribution in [-0.4, -0.2) is 64.7 Å². The van der Waals surface area contributed by atoms with Gasteiger partial charge in [0.25, 0.3) is 0 Å². The molecule has 148 valence electrons. The molecule has 10 heteroatoms. The van der Waals surface area contributed by atoms with E-state index >= 15 is 0 Å². The predicted molar refractivity (Wildman–Crippen MR) is 90.5 cm³/mol. The highest BCUT2D eigenvalue weighted by atomic mass is 16.3. The van der Waals surface area contributed by atoms with Crippen molar-refractivity contribution in [2.75, 3.05) is 13.2 Å². The van der Waals surface area contributed by atoms with Crippen molar-refractivity contribution in [1.29, 1.82) is 0 Å². The number of nitrogens with one attached hydrogen (secondary N) is 1. The number of Topliss-reactive ketones (excluding diaryl/α,β-unsaturated/α-hetero) is 3. The van der Waals surface area contributed by atoms with Crippen LogP contribution < -0.4 is 16.8 Å². The molecule has 0 aliphatic heterocycles. The number of hydrogen-bond donors (Lipinski definition) is 5. The summed E-state index contributed by atoms with van der Waals surface area (Å²) in [6.07, 6.45) is -2.09. The molecule has 0 radical (unpaired) electrons. The van der Waals surface area contributed by atoms with Crippen LogP contribution in [0.2, 0.25) is 0 Å². The first-order valence-electron chi connectivity index (χ1n) is 8.14. The largest absolute Gasteiger partial charge is 0.394 e. The Balaban J connectivity index is 4.90. The van der Waals surface area contributed by atoms with Crippen LogP contribution in [0.1, 0.15) is 33.1 Å². The molecule has 0 saturated heterocycles. The smallest absolute Gasteiger partial charge is 0.224 e. The van der Waals surface area contributed by atoms with Gasteiger partial charge in [-0.3, -0.25) is 24.0 Å². The van der Waals surface area contributed by atoms with E-state index in [2.05, 4.69) is 5.32 Å². The van der Waals surface area contributed by atoms with Gasteiger partial charge in [0.15, 0.2) is 5.78 Å². The number of hydrogen-bond acceptors (Lipinski definition) is 8. The van der Waals surface area contributed by atoms with Crippen molar-refractivity contribution in [3.05, 3.63) is 0 Å². The molecule has 0 aromatic carbocycles. The van der Waals surface area contributed by atoms with Gasteiger partial charge >= 0.3 is 0 Å². The van der Waals surface area contributed by atoms with Crippen molar-refractivity contribution in [1.82, 2.24) is 5.32 Å². The van der Waals surface area contributed by atoms with Crippen molar-refractivity contribution < 1.29 is 34.2 Å². The number of carbonyl (C=O) groups excluding carboxylic acids is 5. The summed E-state index contributed by atoms with van der Waals surface area (Å²) in [6.45, 7) is 1.58. The first-order chi connectivity index (χ1) is 12.0. The second-order valence-electron chi connectivity index (χ2n) is 6.25. The first kappa shape index (κ1) is 23.8. The Morgan fingerprint density at radius 3 is 2.08 bits per heavy atom. The van der Waals surface area contributed by atoms with Crippen LogP contribution in [0.3, 0.4) is 0 Å². The zero-order valence-electron chi connectivity index (χ0n) is 14.9. The molecule has 0 bridgehead atoms. The standard InChI is InChI=1S/C16H27N3O7/c1-8(21)12(9(2)22)5-11(23)3-10(4-15(18)25)16(26)19-6-14(24)13(17)7-20/h8,10,12-13,20-21H,3-7,17H2,1-2H3,(H2,18,25)(H,19,26)/t8?,10-,12?,13-/m0/s1. The van der Waals surface area contributed by atoms with Crippen molar-refractivity contribution >= 4 is 29.2 Å². The van der Waals surface area contributed by atoms with Gasteiger partial charge < -0.3 is 27.0 Å². The van der Waals surface area contributed by atoms with E-state index in [1.807, 2.05) is 0 Å². The maximum atomic E-state index is 12.1. The molecule has 0 rings (SSSR count). The van der Waals surface area contributed by atoms with Crippen LogP contribution >= 0.6 is 0 Å². The molecule has 0 aromatic heterocycles. The minimum absolute atomic E-state index is 0.274. The average Bonchev–Trinajstić information content (AvgIpc) is 2.54. The van der Waals surface area contributed by atoms with Gasteiger partial charge in [0.2, 0.25) is 11.8 Å². The Bertz CT molecular complexity index is 548. The van der Waals surface area contributed by atoms with E-state index in [4.69, 9.17) is 16.6 Å². The fraction of sp³-hybridized carbons (Fsp3) is 0.688. The fourth-order valence-corrected chi connectivity index (χ4v) is 2.31. The van der Waals surface area contributed by atoms with Crippen LogP contribution in [0.25, 0.3) is 0 Å². The van der Waals surface area contributed by atoms with E-state index in [-0.39, 0.29) is 18.6 Å². The van der Waals surface area contributed by atoms with Crippen molar-refractivity contribution in [2.24, 2.45) is 23.3 Å². The summed E-state index contributed by atoms with van der Waals surface area (Å²) in [6, 6.07) is -1.14. The minimum Gasteiger partial charge on any atom is -0.394 e. The molecule has 26 heavy (non-hydrogen) atoms. The molecule has 0 spiro atoms. The fourth-order valence-electron chi connectivity index (χ4n) is 2.31. The van der Waals surface area contributed by atoms with Crippen LogP contribution in [0, 0.1) is 11.8 Å². The van der Waals surface area contributed by atoms with E-state index in [1.165, 1.54) is 13.8 Å². The van der Waals surface area contributed by atoms with Gasteiger partial charge in [-0.15, -0.1) is 0 Å². The Hall–Kier alpha value is -2.17. The molecular weight excluding hydrogens is 346 g/mol. The number of aliphatic hydroxyl groups is 2. The number of rotatable bonds is 13. The molecule has 0 aromatic rings. The molecule has 10 nitrogen and oxygen atoms in total. The molecule has 4 atom stereocenters. The van der Waals surface area contributed by atoms with Crippen LogP contribution in [0.15, 0.2) is 0 Å². The first-order valence-corrected chi connectivity index (χ1v) is 8.14. The van der Waals surface area contributed by atoms with Gasteiger partial charge in [-0.1, -0.05) is 0 Å². The number of nitrogens with two attached hydrogens (primary N) is 2. The van der Waals surface area contributed by atoms with Crippen LogP contribution in [0.4, 0.5) is 0 Å². The second kappa shape index (κ2) is 11.4. The van der Waals surface area contributed by atoms with Crippen LogP contribution in [-0.2, 0) is 24.0 Å². The molecule has 0 saturated carbocycles. The maximum Gasteiger partial charge on any atom is 0.224 e. The van der Waals surface area contributed by atoms with E-state index in [0.29, 0.717) is 0 Å². The van der Waals surface area contributed by atoms with Gasteiger partial charge in [-0.05, 0) is 13.8 Å². The SMILES string of the molecule is CC(=O)C(CC(=O)C[C@@H](CC(N)=O)C(=O)NCC(=O)[C@@H](N)CO)C(C)O. The summed E-state index contributed by atoms with van der Waals surface area (Å²) in [5, 5.41) is 20.6. The lowest BCUT2D eigenvalue weighted by molar-refractivity contribution is -0.135. The molecule has 0 aliphatic carbocycles. The number of aliphatic hydroxyl groups excluding tert-OH is 2. The summed E-state index contributed by atoms with van der Waals surface area (Å²) >= 11 is 0. The van der Waals surface area contributed by atoms with Gasteiger partial charge in [0.05, 0.1) is 31.2 Å². The number of carbonyl (C=O) groups is 5. The van der Waals surface area contributed by atoms with Gasteiger partial charge in [0, 0.05) is 25.2 Å². The average molecular weight is 373 g/mol. The molecule has 2 unspecified atom stereocenters. The number of amides is 2. The second-order valence-corrected chi connectivity index (χ2v) is 6.25. The summed E-state index contributed by atoms with van der Waals surface area (Å²) in [4.78, 5) is 58.4. The molecule has 0 heterocycles. The van der Waals surface area contributed by atoms with Gasteiger partial charge in [0.1, 0.15) is 11.6 Å².